The van der Waals surface area contributed by atoms with E-state index < -0.39 is 18.4 Å². The minimum Gasteiger partial charge on any atom is -0.459 e. The molecule has 4 rings (SSSR count). The Morgan fingerprint density at radius 3 is 2.64 bits per heavy atom. The molecule has 0 saturated carbocycles. The number of hydrogen-bond donors (Lipinski definition) is 2. The van der Waals surface area contributed by atoms with Crippen molar-refractivity contribution in [3.8, 4) is 17.0 Å². The summed E-state index contributed by atoms with van der Waals surface area (Å²) < 4.78 is 35.0. The van der Waals surface area contributed by atoms with Crippen molar-refractivity contribution >= 4 is 34.0 Å². The predicted octanol–water partition coefficient (Wildman–Crippen LogP) is 5.82. The molecule has 0 radical (unpaired) electrons. The molecule has 4 aromatic rings. The summed E-state index contributed by atoms with van der Waals surface area (Å²) in [6, 6.07) is 14.3. The van der Waals surface area contributed by atoms with Crippen molar-refractivity contribution < 1.29 is 27.5 Å². The van der Waals surface area contributed by atoms with Gasteiger partial charge in [0.05, 0.1) is 12.0 Å². The van der Waals surface area contributed by atoms with E-state index >= 15 is 0 Å². The molecule has 2 aromatic carbocycles. The summed E-state index contributed by atoms with van der Waals surface area (Å²) in [5.74, 6) is -0.738. The largest absolute Gasteiger partial charge is 0.459 e. The molecular weight excluding hydrogens is 452 g/mol. The van der Waals surface area contributed by atoms with Gasteiger partial charge in [-0.15, -0.1) is 11.3 Å². The molecule has 0 spiro atoms. The molecule has 0 aliphatic heterocycles. The first kappa shape index (κ1) is 22.2. The second-order valence-electron chi connectivity index (χ2n) is 6.83. The quantitative estimate of drug-likeness (QED) is 0.356. The maximum absolute atomic E-state index is 12.8. The van der Waals surface area contributed by atoms with Crippen LogP contribution in [0.1, 0.15) is 26.5 Å². The van der Waals surface area contributed by atoms with Crippen molar-refractivity contribution in [2.75, 3.05) is 10.6 Å². The molecule has 168 valence electrons. The number of furan rings is 1. The van der Waals surface area contributed by atoms with Crippen molar-refractivity contribution in [1.82, 2.24) is 4.98 Å². The fraction of sp³-hybridized carbons (Fsp3) is 0.0870. The highest BCUT2D eigenvalue weighted by Gasteiger charge is 2.16. The number of amides is 2. The van der Waals surface area contributed by atoms with E-state index in [0.29, 0.717) is 22.5 Å². The molecule has 2 N–H and O–H groups in total. The Hall–Kier alpha value is -4.05. The smallest absolute Gasteiger partial charge is 0.387 e. The Morgan fingerprint density at radius 1 is 1.06 bits per heavy atom. The Bertz CT molecular complexity index is 1290. The number of benzene rings is 2. The number of nitrogens with zero attached hydrogens (tertiary/aromatic N) is 1. The van der Waals surface area contributed by atoms with Crippen LogP contribution in [0, 0.1) is 6.92 Å². The van der Waals surface area contributed by atoms with Gasteiger partial charge in [0.2, 0.25) is 0 Å². The van der Waals surface area contributed by atoms with E-state index in [4.69, 9.17) is 4.42 Å². The Kier molecular flexibility index (Phi) is 6.45. The van der Waals surface area contributed by atoms with Gasteiger partial charge in [0.1, 0.15) is 5.75 Å². The normalized spacial score (nSPS) is 10.8. The maximum atomic E-state index is 12.8. The van der Waals surface area contributed by atoms with E-state index in [-0.39, 0.29) is 16.6 Å². The van der Waals surface area contributed by atoms with Crippen LogP contribution >= 0.6 is 11.3 Å². The second-order valence-corrected chi connectivity index (χ2v) is 7.69. The summed E-state index contributed by atoms with van der Waals surface area (Å²) in [5.41, 5.74) is 2.30. The van der Waals surface area contributed by atoms with Gasteiger partial charge in [0.25, 0.3) is 11.8 Å². The third kappa shape index (κ3) is 5.24. The molecule has 0 atom stereocenters. The Morgan fingerprint density at radius 2 is 1.88 bits per heavy atom. The van der Waals surface area contributed by atoms with Gasteiger partial charge >= 0.3 is 6.61 Å². The number of nitrogens with one attached hydrogen (secondary N) is 2. The summed E-state index contributed by atoms with van der Waals surface area (Å²) in [4.78, 5) is 29.3. The molecule has 0 saturated heterocycles. The molecule has 33 heavy (non-hydrogen) atoms. The van der Waals surface area contributed by atoms with Crippen LogP contribution in [0.15, 0.2) is 70.7 Å². The standard InChI is InChI=1S/C23H17F2N3O4S/c1-13-8-9-14(11-16(13)26-21(30)19-7-4-10-31-19)20(29)28-23-27-17(12-33-23)15-5-2-3-6-18(15)32-22(24)25/h2-12,22H,1H3,(H,26,30)(H,27,28,29). The molecule has 0 aliphatic carbocycles. The number of thiazole rings is 1. The third-order valence-corrected chi connectivity index (χ3v) is 5.35. The van der Waals surface area contributed by atoms with Gasteiger partial charge in [-0.05, 0) is 48.9 Å². The van der Waals surface area contributed by atoms with Crippen LogP contribution in [0.25, 0.3) is 11.3 Å². The van der Waals surface area contributed by atoms with Gasteiger partial charge in [0.15, 0.2) is 10.9 Å². The summed E-state index contributed by atoms with van der Waals surface area (Å²) >= 11 is 1.14. The van der Waals surface area contributed by atoms with E-state index in [1.54, 1.807) is 54.8 Å². The second kappa shape index (κ2) is 9.61. The zero-order chi connectivity index (χ0) is 23.4. The number of hydrogen-bond acceptors (Lipinski definition) is 6. The molecule has 0 bridgehead atoms. The summed E-state index contributed by atoms with van der Waals surface area (Å²) in [5, 5.41) is 7.32. The van der Waals surface area contributed by atoms with Crippen LogP contribution in [0.4, 0.5) is 19.6 Å². The zero-order valence-electron chi connectivity index (χ0n) is 17.2. The fourth-order valence-corrected chi connectivity index (χ4v) is 3.70. The average Bonchev–Trinajstić information content (AvgIpc) is 3.48. The minimum absolute atomic E-state index is 0.00819. The first-order valence-electron chi connectivity index (χ1n) is 9.67. The lowest BCUT2D eigenvalue weighted by Crippen LogP contribution is -2.15. The number of aromatic nitrogens is 1. The highest BCUT2D eigenvalue weighted by molar-refractivity contribution is 7.14. The van der Waals surface area contributed by atoms with Gasteiger partial charge in [-0.25, -0.2) is 4.98 Å². The maximum Gasteiger partial charge on any atom is 0.387 e. The lowest BCUT2D eigenvalue weighted by atomic mass is 10.1. The van der Waals surface area contributed by atoms with Gasteiger partial charge in [0, 0.05) is 22.2 Å². The van der Waals surface area contributed by atoms with E-state index in [1.165, 1.54) is 18.4 Å². The average molecular weight is 469 g/mol. The van der Waals surface area contributed by atoms with E-state index in [9.17, 15) is 18.4 Å². The number of carbonyl (C=O) groups excluding carboxylic acids is 2. The van der Waals surface area contributed by atoms with E-state index in [1.807, 2.05) is 0 Å². The van der Waals surface area contributed by atoms with Crippen LogP contribution in [0.2, 0.25) is 0 Å². The fourth-order valence-electron chi connectivity index (χ4n) is 2.99. The van der Waals surface area contributed by atoms with Crippen molar-refractivity contribution in [3.63, 3.8) is 0 Å². The molecule has 2 heterocycles. The van der Waals surface area contributed by atoms with Gasteiger partial charge in [-0.2, -0.15) is 8.78 Å². The number of alkyl halides is 2. The van der Waals surface area contributed by atoms with Crippen LogP contribution in [0.5, 0.6) is 5.75 Å². The predicted molar refractivity (Wildman–Crippen MR) is 120 cm³/mol. The number of rotatable bonds is 7. The lowest BCUT2D eigenvalue weighted by Gasteiger charge is -2.10. The molecule has 10 heteroatoms. The monoisotopic (exact) mass is 469 g/mol. The van der Waals surface area contributed by atoms with Crippen LogP contribution in [-0.2, 0) is 0 Å². The van der Waals surface area contributed by atoms with Crippen molar-refractivity contribution in [1.29, 1.82) is 0 Å². The Labute approximate surface area is 191 Å². The number of anilines is 2. The van der Waals surface area contributed by atoms with Crippen LogP contribution in [-0.4, -0.2) is 23.4 Å². The Balaban J connectivity index is 1.50. The summed E-state index contributed by atoms with van der Waals surface area (Å²) in [7, 11) is 0. The minimum atomic E-state index is -2.96. The first-order chi connectivity index (χ1) is 15.9. The number of aryl methyl sites for hydroxylation is 1. The SMILES string of the molecule is Cc1ccc(C(=O)Nc2nc(-c3ccccc3OC(F)F)cs2)cc1NC(=O)c1ccco1. The van der Waals surface area contributed by atoms with E-state index in [2.05, 4.69) is 20.4 Å². The number of carbonyl (C=O) groups is 2. The highest BCUT2D eigenvalue weighted by atomic mass is 32.1. The lowest BCUT2D eigenvalue weighted by molar-refractivity contribution is -0.0494. The highest BCUT2D eigenvalue weighted by Crippen LogP contribution is 2.33. The molecule has 2 aromatic heterocycles. The van der Waals surface area contributed by atoms with Gasteiger partial charge in [-0.3, -0.25) is 14.9 Å². The zero-order valence-corrected chi connectivity index (χ0v) is 18.0. The topological polar surface area (TPSA) is 93.5 Å². The van der Waals surface area contributed by atoms with Crippen molar-refractivity contribution in [3.05, 3.63) is 83.1 Å². The number of halogens is 2. The number of para-hydroxylation sites is 1. The van der Waals surface area contributed by atoms with Gasteiger partial charge < -0.3 is 14.5 Å². The molecule has 7 nitrogen and oxygen atoms in total. The van der Waals surface area contributed by atoms with Crippen LogP contribution < -0.4 is 15.4 Å². The molecule has 2 amide bonds. The van der Waals surface area contributed by atoms with Gasteiger partial charge in [-0.1, -0.05) is 18.2 Å². The third-order valence-electron chi connectivity index (χ3n) is 4.60. The van der Waals surface area contributed by atoms with Crippen molar-refractivity contribution in [2.45, 2.75) is 13.5 Å². The van der Waals surface area contributed by atoms with E-state index in [0.717, 1.165) is 16.9 Å². The molecule has 0 unspecified atom stereocenters. The van der Waals surface area contributed by atoms with Crippen LogP contribution in [0.3, 0.4) is 0 Å². The van der Waals surface area contributed by atoms with Crippen molar-refractivity contribution in [2.24, 2.45) is 0 Å². The number of ether oxygens (including phenoxy) is 1. The molecular formula is C23H17F2N3O4S. The summed E-state index contributed by atoms with van der Waals surface area (Å²) in [6.45, 7) is -1.17. The summed E-state index contributed by atoms with van der Waals surface area (Å²) in [6.07, 6.45) is 1.39. The molecule has 0 aliphatic rings. The molecule has 0 fully saturated rings. The first-order valence-corrected chi connectivity index (χ1v) is 10.6.